The van der Waals surface area contributed by atoms with E-state index >= 15 is 0 Å². The molecule has 2 amide bonds. The van der Waals surface area contributed by atoms with Crippen LogP contribution in [0, 0.1) is 0 Å². The number of hydrogen-bond acceptors (Lipinski definition) is 3. The van der Waals surface area contributed by atoms with E-state index in [4.69, 9.17) is 23.2 Å². The minimum absolute atomic E-state index is 0.245. The van der Waals surface area contributed by atoms with Gasteiger partial charge in [0.25, 0.3) is 11.8 Å². The van der Waals surface area contributed by atoms with Crippen LogP contribution in [0.15, 0.2) is 42.5 Å². The number of hydrogen-bond donors (Lipinski definition) is 0. The Morgan fingerprint density at radius 1 is 0.909 bits per heavy atom. The Bertz CT molecular complexity index is 782. The quantitative estimate of drug-likeness (QED) is 0.638. The summed E-state index contributed by atoms with van der Waals surface area (Å²) in [6, 6.07) is 10.9. The number of nitrogens with zero attached hydrogens (tertiary/aromatic N) is 1. The number of carbonyl (C=O) groups is 3. The van der Waals surface area contributed by atoms with Gasteiger partial charge in [0.1, 0.15) is 0 Å². The average molecular weight is 334 g/mol. The van der Waals surface area contributed by atoms with Crippen LogP contribution in [0.1, 0.15) is 31.1 Å². The number of amides is 2. The van der Waals surface area contributed by atoms with Gasteiger partial charge >= 0.3 is 0 Å². The summed E-state index contributed by atoms with van der Waals surface area (Å²) in [4.78, 5) is 37.6. The Labute approximate surface area is 136 Å². The largest absolute Gasteiger partial charge is 0.292 e. The smallest absolute Gasteiger partial charge is 0.261 e. The number of ketones is 1. The van der Waals surface area contributed by atoms with Crippen LogP contribution in [-0.4, -0.2) is 29.0 Å². The van der Waals surface area contributed by atoms with Crippen molar-refractivity contribution in [1.82, 2.24) is 4.90 Å². The molecular weight excluding hydrogens is 325 g/mol. The van der Waals surface area contributed by atoms with Crippen LogP contribution in [0.4, 0.5) is 0 Å². The lowest BCUT2D eigenvalue weighted by molar-refractivity contribution is 0.0624. The summed E-state index contributed by atoms with van der Waals surface area (Å²) in [7, 11) is 0. The van der Waals surface area contributed by atoms with E-state index in [1.807, 2.05) is 0 Å². The minimum Gasteiger partial charge on any atom is -0.292 e. The van der Waals surface area contributed by atoms with Crippen molar-refractivity contribution in [2.24, 2.45) is 0 Å². The van der Waals surface area contributed by atoms with E-state index in [-0.39, 0.29) is 17.4 Å². The first-order valence-electron chi connectivity index (χ1n) is 6.42. The molecule has 0 atom stereocenters. The van der Waals surface area contributed by atoms with Gasteiger partial charge < -0.3 is 0 Å². The molecule has 0 bridgehead atoms. The third kappa shape index (κ3) is 2.40. The molecule has 2 aromatic rings. The lowest BCUT2D eigenvalue weighted by Gasteiger charge is -2.13. The Morgan fingerprint density at radius 2 is 1.50 bits per heavy atom. The van der Waals surface area contributed by atoms with Crippen molar-refractivity contribution < 1.29 is 14.4 Å². The molecule has 0 fully saturated rings. The lowest BCUT2D eigenvalue weighted by atomic mass is 10.1. The van der Waals surface area contributed by atoms with Crippen LogP contribution in [0.3, 0.4) is 0 Å². The third-order valence-electron chi connectivity index (χ3n) is 3.42. The standard InChI is InChI=1S/C16H9Cl2NO3/c17-12-6-5-9(7-13(12)18)14(20)8-19-15(21)10-3-1-2-4-11(10)16(19)22/h1-7H,8H2. The molecule has 0 saturated heterocycles. The van der Waals surface area contributed by atoms with Gasteiger partial charge in [0.15, 0.2) is 5.78 Å². The zero-order valence-electron chi connectivity index (χ0n) is 11.2. The monoisotopic (exact) mass is 333 g/mol. The molecule has 1 aliphatic rings. The summed E-state index contributed by atoms with van der Waals surface area (Å²) < 4.78 is 0. The van der Waals surface area contributed by atoms with Crippen LogP contribution in [0.2, 0.25) is 10.0 Å². The first kappa shape index (κ1) is 14.8. The van der Waals surface area contributed by atoms with Crippen molar-refractivity contribution in [2.45, 2.75) is 0 Å². The van der Waals surface area contributed by atoms with E-state index in [0.717, 1.165) is 4.90 Å². The third-order valence-corrected chi connectivity index (χ3v) is 4.16. The van der Waals surface area contributed by atoms with Crippen LogP contribution >= 0.6 is 23.2 Å². The average Bonchev–Trinajstić information content (AvgIpc) is 2.75. The number of imide groups is 1. The van der Waals surface area contributed by atoms with Gasteiger partial charge in [0, 0.05) is 5.56 Å². The van der Waals surface area contributed by atoms with Crippen molar-refractivity contribution in [3.63, 3.8) is 0 Å². The van der Waals surface area contributed by atoms with Gasteiger partial charge in [-0.3, -0.25) is 19.3 Å². The van der Waals surface area contributed by atoms with E-state index in [9.17, 15) is 14.4 Å². The molecule has 0 spiro atoms. The van der Waals surface area contributed by atoms with Crippen LogP contribution in [-0.2, 0) is 0 Å². The molecule has 0 N–H and O–H groups in total. The molecule has 1 heterocycles. The Kier molecular flexibility index (Phi) is 3.72. The summed E-state index contributed by atoms with van der Waals surface area (Å²) in [6.07, 6.45) is 0. The highest BCUT2D eigenvalue weighted by atomic mass is 35.5. The Morgan fingerprint density at radius 3 is 2.05 bits per heavy atom. The summed E-state index contributed by atoms with van der Waals surface area (Å²) in [5, 5.41) is 0.578. The summed E-state index contributed by atoms with van der Waals surface area (Å²) in [6.45, 7) is -0.329. The van der Waals surface area contributed by atoms with Gasteiger partial charge in [-0.05, 0) is 30.3 Å². The number of fused-ring (bicyclic) bond motifs is 1. The first-order valence-corrected chi connectivity index (χ1v) is 7.18. The van der Waals surface area contributed by atoms with Gasteiger partial charge in [-0.25, -0.2) is 0 Å². The SMILES string of the molecule is O=C(CN1C(=O)c2ccccc2C1=O)c1ccc(Cl)c(Cl)c1. The van der Waals surface area contributed by atoms with Crippen molar-refractivity contribution >= 4 is 40.8 Å². The number of benzene rings is 2. The number of halogens is 2. The molecule has 110 valence electrons. The van der Waals surface area contributed by atoms with Crippen molar-refractivity contribution in [3.8, 4) is 0 Å². The predicted octanol–water partition coefficient (Wildman–Crippen LogP) is 3.47. The second-order valence-electron chi connectivity index (χ2n) is 4.79. The first-order chi connectivity index (χ1) is 10.5. The molecule has 2 aromatic carbocycles. The zero-order valence-corrected chi connectivity index (χ0v) is 12.7. The molecule has 0 aromatic heterocycles. The van der Waals surface area contributed by atoms with Crippen LogP contribution < -0.4 is 0 Å². The highest BCUT2D eigenvalue weighted by Gasteiger charge is 2.36. The molecule has 6 heteroatoms. The van der Waals surface area contributed by atoms with E-state index < -0.39 is 11.8 Å². The van der Waals surface area contributed by atoms with Crippen LogP contribution in [0.25, 0.3) is 0 Å². The van der Waals surface area contributed by atoms with Gasteiger partial charge in [0.2, 0.25) is 0 Å². The Balaban J connectivity index is 1.85. The fraction of sp³-hybridized carbons (Fsp3) is 0.0625. The summed E-state index contributed by atoms with van der Waals surface area (Å²) >= 11 is 11.7. The highest BCUT2D eigenvalue weighted by Crippen LogP contribution is 2.25. The number of rotatable bonds is 3. The second-order valence-corrected chi connectivity index (χ2v) is 5.61. The fourth-order valence-corrected chi connectivity index (χ4v) is 2.59. The van der Waals surface area contributed by atoms with E-state index in [1.54, 1.807) is 24.3 Å². The van der Waals surface area contributed by atoms with E-state index in [2.05, 4.69) is 0 Å². The maximum Gasteiger partial charge on any atom is 0.261 e. The van der Waals surface area contributed by atoms with E-state index in [1.165, 1.54) is 18.2 Å². The van der Waals surface area contributed by atoms with Gasteiger partial charge in [-0.15, -0.1) is 0 Å². The molecule has 0 radical (unpaired) electrons. The molecule has 3 rings (SSSR count). The molecule has 1 aliphatic heterocycles. The lowest BCUT2D eigenvalue weighted by Crippen LogP contribution is -2.34. The molecule has 4 nitrogen and oxygen atoms in total. The van der Waals surface area contributed by atoms with Crippen LogP contribution in [0.5, 0.6) is 0 Å². The van der Waals surface area contributed by atoms with Gasteiger partial charge in [0.05, 0.1) is 27.7 Å². The van der Waals surface area contributed by atoms with Gasteiger partial charge in [-0.1, -0.05) is 35.3 Å². The molecular formula is C16H9Cl2NO3. The highest BCUT2D eigenvalue weighted by molar-refractivity contribution is 6.42. The molecule has 0 saturated carbocycles. The van der Waals surface area contributed by atoms with Gasteiger partial charge in [-0.2, -0.15) is 0 Å². The molecule has 0 aliphatic carbocycles. The summed E-state index contributed by atoms with van der Waals surface area (Å²) in [5.74, 6) is -1.31. The van der Waals surface area contributed by atoms with Crippen molar-refractivity contribution in [2.75, 3.05) is 6.54 Å². The number of Topliss-reactive ketones (excluding diaryl/α,β-unsaturated/α-hetero) is 1. The maximum absolute atomic E-state index is 12.3. The topological polar surface area (TPSA) is 54.5 Å². The maximum atomic E-state index is 12.3. The summed E-state index contributed by atoms with van der Waals surface area (Å²) in [5.41, 5.74) is 0.926. The Hall–Kier alpha value is -2.17. The van der Waals surface area contributed by atoms with Crippen molar-refractivity contribution in [1.29, 1.82) is 0 Å². The minimum atomic E-state index is -0.464. The van der Waals surface area contributed by atoms with E-state index in [0.29, 0.717) is 21.7 Å². The fourth-order valence-electron chi connectivity index (χ4n) is 2.29. The normalized spacial score (nSPS) is 13.5. The van der Waals surface area contributed by atoms with Crippen molar-refractivity contribution in [3.05, 3.63) is 69.2 Å². The second kappa shape index (κ2) is 5.55. The number of carbonyl (C=O) groups excluding carboxylic acids is 3. The molecule has 22 heavy (non-hydrogen) atoms. The zero-order chi connectivity index (χ0) is 15.9. The predicted molar refractivity (Wildman–Crippen MR) is 82.6 cm³/mol. The molecule has 0 unspecified atom stereocenters.